The summed E-state index contributed by atoms with van der Waals surface area (Å²) in [5, 5.41) is 4.44. The van der Waals surface area contributed by atoms with Crippen molar-refractivity contribution >= 4 is 11.8 Å². The normalized spacial score (nSPS) is 20.1. The number of nitrogens with zero attached hydrogens (tertiary/aromatic N) is 4. The molecule has 4 rings (SSSR count). The molecule has 27 heavy (non-hydrogen) atoms. The van der Waals surface area contributed by atoms with E-state index in [9.17, 15) is 9.59 Å². The van der Waals surface area contributed by atoms with Crippen LogP contribution < -0.4 is 0 Å². The number of carbonyl (C=O) groups is 2. The van der Waals surface area contributed by atoms with Crippen LogP contribution in [-0.2, 0) is 11.8 Å². The summed E-state index contributed by atoms with van der Waals surface area (Å²) in [6.45, 7) is 2.26. The van der Waals surface area contributed by atoms with Crippen molar-refractivity contribution in [3.05, 3.63) is 42.1 Å². The van der Waals surface area contributed by atoms with E-state index in [1.165, 1.54) is 6.42 Å². The first-order chi connectivity index (χ1) is 13.1. The van der Waals surface area contributed by atoms with Crippen molar-refractivity contribution in [3.63, 3.8) is 0 Å². The summed E-state index contributed by atoms with van der Waals surface area (Å²) in [7, 11) is 1.85. The van der Waals surface area contributed by atoms with E-state index in [1.54, 1.807) is 9.58 Å². The SMILES string of the molecule is Cn1nc(C(=O)N2CCC[C@H]2C(=O)N2CCCCC2)cc1-c1ccccc1. The molecule has 2 aliphatic rings. The molecule has 1 atom stereocenters. The van der Waals surface area contributed by atoms with E-state index in [4.69, 9.17) is 0 Å². The van der Waals surface area contributed by atoms with E-state index in [0.29, 0.717) is 12.2 Å². The molecule has 2 aliphatic heterocycles. The van der Waals surface area contributed by atoms with Gasteiger partial charge < -0.3 is 9.80 Å². The second-order valence-corrected chi connectivity index (χ2v) is 7.45. The Morgan fingerprint density at radius 1 is 1.00 bits per heavy atom. The van der Waals surface area contributed by atoms with E-state index in [1.807, 2.05) is 48.3 Å². The van der Waals surface area contributed by atoms with Crippen LogP contribution in [0.25, 0.3) is 11.3 Å². The second-order valence-electron chi connectivity index (χ2n) is 7.45. The van der Waals surface area contributed by atoms with E-state index >= 15 is 0 Å². The van der Waals surface area contributed by atoms with Crippen LogP contribution in [0.1, 0.15) is 42.6 Å². The average molecular weight is 366 g/mol. The Hall–Kier alpha value is -2.63. The maximum Gasteiger partial charge on any atom is 0.275 e. The molecule has 0 radical (unpaired) electrons. The van der Waals surface area contributed by atoms with Gasteiger partial charge in [0.2, 0.25) is 5.91 Å². The molecule has 0 spiro atoms. The van der Waals surface area contributed by atoms with Gasteiger partial charge in [-0.05, 0) is 43.7 Å². The fourth-order valence-corrected chi connectivity index (χ4v) is 4.19. The Bertz CT molecular complexity index is 824. The minimum Gasteiger partial charge on any atom is -0.341 e. The third-order valence-corrected chi connectivity index (χ3v) is 5.63. The van der Waals surface area contributed by atoms with Crippen molar-refractivity contribution < 1.29 is 9.59 Å². The van der Waals surface area contributed by atoms with Crippen LogP contribution in [0.15, 0.2) is 36.4 Å². The summed E-state index contributed by atoms with van der Waals surface area (Å²) < 4.78 is 1.74. The fraction of sp³-hybridized carbons (Fsp3) is 0.476. The molecular weight excluding hydrogens is 340 g/mol. The number of amides is 2. The van der Waals surface area contributed by atoms with Crippen LogP contribution in [0.4, 0.5) is 0 Å². The summed E-state index contributed by atoms with van der Waals surface area (Å²) in [5.74, 6) is -0.0274. The highest BCUT2D eigenvalue weighted by Gasteiger charge is 2.38. The summed E-state index contributed by atoms with van der Waals surface area (Å²) in [5.41, 5.74) is 2.33. The number of aryl methyl sites for hydroxylation is 1. The van der Waals surface area contributed by atoms with Crippen molar-refractivity contribution in [2.75, 3.05) is 19.6 Å². The van der Waals surface area contributed by atoms with Crippen LogP contribution in [0.5, 0.6) is 0 Å². The summed E-state index contributed by atoms with van der Waals surface area (Å²) in [4.78, 5) is 29.7. The summed E-state index contributed by atoms with van der Waals surface area (Å²) in [6, 6.07) is 11.4. The van der Waals surface area contributed by atoms with Crippen molar-refractivity contribution in [1.29, 1.82) is 0 Å². The number of hydrogen-bond donors (Lipinski definition) is 0. The zero-order chi connectivity index (χ0) is 18.8. The predicted octanol–water partition coefficient (Wildman–Crippen LogP) is 2.70. The third kappa shape index (κ3) is 3.48. The van der Waals surface area contributed by atoms with E-state index in [-0.39, 0.29) is 17.9 Å². The smallest absolute Gasteiger partial charge is 0.275 e. The molecule has 2 fully saturated rings. The second kappa shape index (κ2) is 7.55. The Balaban J connectivity index is 1.54. The van der Waals surface area contributed by atoms with Crippen molar-refractivity contribution in [2.45, 2.75) is 38.1 Å². The molecule has 1 aromatic heterocycles. The number of aromatic nitrogens is 2. The molecule has 6 heteroatoms. The molecular formula is C21H26N4O2. The summed E-state index contributed by atoms with van der Waals surface area (Å²) in [6.07, 6.45) is 4.93. The van der Waals surface area contributed by atoms with Gasteiger partial charge in [0.1, 0.15) is 6.04 Å². The van der Waals surface area contributed by atoms with Gasteiger partial charge in [0.25, 0.3) is 5.91 Å². The summed E-state index contributed by atoms with van der Waals surface area (Å²) >= 11 is 0. The molecule has 142 valence electrons. The number of carbonyl (C=O) groups excluding carboxylic acids is 2. The van der Waals surface area contributed by atoms with Crippen LogP contribution in [0.2, 0.25) is 0 Å². The number of benzene rings is 1. The number of piperidine rings is 1. The van der Waals surface area contributed by atoms with E-state index in [0.717, 1.165) is 50.0 Å². The van der Waals surface area contributed by atoms with Crippen LogP contribution in [0.3, 0.4) is 0 Å². The average Bonchev–Trinajstić information content (AvgIpc) is 3.35. The number of likely N-dealkylation sites (tertiary alicyclic amines) is 2. The molecule has 0 aliphatic carbocycles. The predicted molar refractivity (Wildman–Crippen MR) is 103 cm³/mol. The largest absolute Gasteiger partial charge is 0.341 e. The van der Waals surface area contributed by atoms with Gasteiger partial charge >= 0.3 is 0 Å². The van der Waals surface area contributed by atoms with Gasteiger partial charge in [0, 0.05) is 26.7 Å². The van der Waals surface area contributed by atoms with E-state index < -0.39 is 0 Å². The lowest BCUT2D eigenvalue weighted by Gasteiger charge is -2.32. The first kappa shape index (κ1) is 17.8. The maximum atomic E-state index is 13.1. The lowest BCUT2D eigenvalue weighted by atomic mass is 10.1. The highest BCUT2D eigenvalue weighted by molar-refractivity contribution is 5.97. The fourth-order valence-electron chi connectivity index (χ4n) is 4.19. The zero-order valence-corrected chi connectivity index (χ0v) is 15.8. The maximum absolute atomic E-state index is 13.1. The minimum atomic E-state index is -0.335. The van der Waals surface area contributed by atoms with Gasteiger partial charge in [-0.3, -0.25) is 14.3 Å². The zero-order valence-electron chi connectivity index (χ0n) is 15.8. The van der Waals surface area contributed by atoms with Gasteiger partial charge in [-0.25, -0.2) is 0 Å². The molecule has 0 unspecified atom stereocenters. The molecule has 1 aromatic carbocycles. The molecule has 2 saturated heterocycles. The Kier molecular flexibility index (Phi) is 4.97. The van der Waals surface area contributed by atoms with Crippen molar-refractivity contribution in [3.8, 4) is 11.3 Å². The first-order valence-corrected chi connectivity index (χ1v) is 9.84. The van der Waals surface area contributed by atoms with Gasteiger partial charge in [0.15, 0.2) is 5.69 Å². The Labute approximate surface area is 159 Å². The molecule has 3 heterocycles. The van der Waals surface area contributed by atoms with Gasteiger partial charge in [0.05, 0.1) is 5.69 Å². The lowest BCUT2D eigenvalue weighted by molar-refractivity contribution is -0.136. The topological polar surface area (TPSA) is 58.4 Å². The van der Waals surface area contributed by atoms with Gasteiger partial charge in [-0.15, -0.1) is 0 Å². The third-order valence-electron chi connectivity index (χ3n) is 5.63. The monoisotopic (exact) mass is 366 g/mol. The molecule has 0 N–H and O–H groups in total. The standard InChI is InChI=1S/C21H26N4O2/c1-23-19(16-9-4-2-5-10-16)15-17(22-23)20(26)25-14-8-11-18(25)21(27)24-12-6-3-7-13-24/h2,4-5,9-10,15,18H,3,6-8,11-14H2,1H3/t18-/m0/s1. The van der Waals surface area contributed by atoms with Gasteiger partial charge in [-0.1, -0.05) is 30.3 Å². The molecule has 0 bridgehead atoms. The molecule has 2 aromatic rings. The number of hydrogen-bond acceptors (Lipinski definition) is 3. The van der Waals surface area contributed by atoms with Crippen LogP contribution in [-0.4, -0.2) is 57.1 Å². The Morgan fingerprint density at radius 3 is 2.48 bits per heavy atom. The number of rotatable bonds is 3. The molecule has 6 nitrogen and oxygen atoms in total. The highest BCUT2D eigenvalue weighted by Crippen LogP contribution is 2.25. The molecule has 2 amide bonds. The lowest BCUT2D eigenvalue weighted by Crippen LogP contribution is -2.49. The Morgan fingerprint density at radius 2 is 1.74 bits per heavy atom. The van der Waals surface area contributed by atoms with Crippen LogP contribution in [0, 0.1) is 0 Å². The minimum absolute atomic E-state index is 0.111. The van der Waals surface area contributed by atoms with Crippen molar-refractivity contribution in [1.82, 2.24) is 19.6 Å². The van der Waals surface area contributed by atoms with E-state index in [2.05, 4.69) is 5.10 Å². The van der Waals surface area contributed by atoms with Gasteiger partial charge in [-0.2, -0.15) is 5.10 Å². The first-order valence-electron chi connectivity index (χ1n) is 9.84. The molecule has 0 saturated carbocycles. The quantitative estimate of drug-likeness (QED) is 0.839. The highest BCUT2D eigenvalue weighted by atomic mass is 16.2. The van der Waals surface area contributed by atoms with Crippen LogP contribution >= 0.6 is 0 Å². The van der Waals surface area contributed by atoms with Crippen molar-refractivity contribution in [2.24, 2.45) is 7.05 Å².